The molecule has 1 saturated heterocycles. The Hall–Kier alpha value is -3.71. The van der Waals surface area contributed by atoms with Gasteiger partial charge in [0.2, 0.25) is 21.8 Å². The van der Waals surface area contributed by atoms with E-state index in [1.807, 2.05) is 4.72 Å². The summed E-state index contributed by atoms with van der Waals surface area (Å²) in [6.45, 7) is 3.40. The zero-order valence-corrected chi connectivity index (χ0v) is 25.7. The third-order valence-electron chi connectivity index (χ3n) is 5.94. The Bertz CT molecular complexity index is 1770. The lowest BCUT2D eigenvalue weighted by atomic mass is 10.2. The smallest absolute Gasteiger partial charge is 0.431 e. The predicted molar refractivity (Wildman–Crippen MR) is 151 cm³/mol. The zero-order valence-electron chi connectivity index (χ0n) is 23.3. The van der Waals surface area contributed by atoms with Crippen LogP contribution in [0.5, 0.6) is 0 Å². The number of ether oxygens (including phenoxy) is 1. The molecule has 0 saturated carbocycles. The molecule has 0 bridgehead atoms. The molecule has 1 unspecified atom stereocenters. The van der Waals surface area contributed by atoms with Crippen molar-refractivity contribution in [2.45, 2.75) is 43.9 Å². The van der Waals surface area contributed by atoms with Crippen LogP contribution < -0.4 is 16.0 Å². The number of sulfonamides is 1. The van der Waals surface area contributed by atoms with Crippen molar-refractivity contribution in [2.24, 2.45) is 12.0 Å². The van der Waals surface area contributed by atoms with Gasteiger partial charge in [0.05, 0.1) is 28.3 Å². The van der Waals surface area contributed by atoms with E-state index in [0.717, 1.165) is 18.0 Å². The molecule has 1 aliphatic rings. The van der Waals surface area contributed by atoms with E-state index < -0.39 is 90.9 Å². The van der Waals surface area contributed by atoms with Crippen molar-refractivity contribution in [1.82, 2.24) is 18.8 Å². The number of amides is 2. The van der Waals surface area contributed by atoms with Crippen LogP contribution in [0.3, 0.4) is 0 Å². The van der Waals surface area contributed by atoms with Crippen LogP contribution in [0.1, 0.15) is 32.9 Å². The largest absolute Gasteiger partial charge is 0.465 e. The topological polar surface area (TPSA) is 166 Å². The molecule has 1 N–H and O–H groups in total. The Morgan fingerprint density at radius 3 is 2.39 bits per heavy atom. The number of aliphatic imine (C=N–C) groups is 1. The third kappa shape index (κ3) is 7.49. The maximum absolute atomic E-state index is 15.0. The molecule has 0 aliphatic carbocycles. The molecule has 1 aliphatic heterocycles. The van der Waals surface area contributed by atoms with Crippen LogP contribution in [0.4, 0.5) is 23.2 Å². The van der Waals surface area contributed by atoms with Crippen molar-refractivity contribution in [1.29, 1.82) is 0 Å². The van der Waals surface area contributed by atoms with Gasteiger partial charge >= 0.3 is 17.8 Å². The van der Waals surface area contributed by atoms with Crippen LogP contribution in [0.15, 0.2) is 32.8 Å². The quantitative estimate of drug-likeness (QED) is 0.307. The number of benzene rings is 1. The molecule has 2 amide bonds. The van der Waals surface area contributed by atoms with E-state index in [2.05, 4.69) is 4.99 Å². The second-order valence-corrected chi connectivity index (χ2v) is 13.2. The van der Waals surface area contributed by atoms with Crippen LogP contribution in [-0.2, 0) is 42.4 Å². The highest BCUT2D eigenvalue weighted by atomic mass is 35.5. The second kappa shape index (κ2) is 13.1. The number of hydrogen-bond acceptors (Lipinski definition) is 10. The minimum Gasteiger partial charge on any atom is -0.465 e. The Morgan fingerprint density at radius 2 is 1.82 bits per heavy atom. The number of nitrogens with one attached hydrogen (secondary N) is 1. The van der Waals surface area contributed by atoms with Crippen molar-refractivity contribution in [3.63, 3.8) is 0 Å². The molecule has 0 radical (unpaired) electrons. The predicted octanol–water partition coefficient (Wildman–Crippen LogP) is 2.09. The maximum atomic E-state index is 15.0. The summed E-state index contributed by atoms with van der Waals surface area (Å²) >= 11 is 6.75. The standard InChI is InChI=1S/C24H24ClF4N5O8S2/c1-5-42-20(37)10-33-21(38)16(8-18(35)31-44(40,41)11(2)3)43-22(33)30-14-7-15(13(26)6-12(14)25)34-19(36)9-17(24(27,28)29)32(4)23(34)39/h6-7,9,11,16H,5,8,10H2,1-4H3,(H,31,35). The first kappa shape index (κ1) is 34.8. The first-order valence-electron chi connectivity index (χ1n) is 12.4. The molecule has 2 heterocycles. The molecule has 1 aromatic carbocycles. The van der Waals surface area contributed by atoms with Crippen LogP contribution in [0.2, 0.25) is 5.02 Å². The fourth-order valence-corrected chi connectivity index (χ4v) is 5.68. The lowest BCUT2D eigenvalue weighted by Crippen LogP contribution is -2.41. The highest BCUT2D eigenvalue weighted by Crippen LogP contribution is 2.35. The molecule has 1 fully saturated rings. The average molecular weight is 686 g/mol. The van der Waals surface area contributed by atoms with Gasteiger partial charge in [-0.2, -0.15) is 13.2 Å². The lowest BCUT2D eigenvalue weighted by molar-refractivity contribution is -0.146. The normalized spacial score (nSPS) is 16.6. The number of esters is 1. The van der Waals surface area contributed by atoms with Crippen molar-refractivity contribution < 1.29 is 45.1 Å². The van der Waals surface area contributed by atoms with E-state index in [-0.39, 0.29) is 32.7 Å². The number of halogens is 5. The SMILES string of the molecule is CCOC(=O)CN1C(=O)C(CC(=O)NS(=O)(=O)C(C)C)SC1=Nc1cc(-n2c(=O)cc(C(F)(F)F)n(C)c2=O)c(F)cc1Cl. The van der Waals surface area contributed by atoms with Crippen LogP contribution in [-0.4, -0.2) is 69.1 Å². The first-order valence-corrected chi connectivity index (χ1v) is 15.2. The van der Waals surface area contributed by atoms with Gasteiger partial charge < -0.3 is 4.74 Å². The molecule has 13 nitrogen and oxygen atoms in total. The average Bonchev–Trinajstić information content (AvgIpc) is 3.16. The van der Waals surface area contributed by atoms with Crippen molar-refractivity contribution >= 4 is 62.0 Å². The second-order valence-electron chi connectivity index (χ2n) is 9.35. The van der Waals surface area contributed by atoms with Gasteiger partial charge in [-0.15, -0.1) is 0 Å². The fraction of sp³-hybridized carbons (Fsp3) is 0.417. The summed E-state index contributed by atoms with van der Waals surface area (Å²) in [6, 6.07) is 1.49. The van der Waals surface area contributed by atoms with E-state index in [9.17, 15) is 50.0 Å². The van der Waals surface area contributed by atoms with Gasteiger partial charge in [0.25, 0.3) is 5.56 Å². The summed E-state index contributed by atoms with van der Waals surface area (Å²) in [5.74, 6) is -4.03. The summed E-state index contributed by atoms with van der Waals surface area (Å²) in [5.41, 5.74) is -5.84. The zero-order chi connectivity index (χ0) is 33.3. The van der Waals surface area contributed by atoms with Crippen molar-refractivity contribution in [2.75, 3.05) is 13.2 Å². The van der Waals surface area contributed by atoms with Gasteiger partial charge in [0.1, 0.15) is 23.3 Å². The summed E-state index contributed by atoms with van der Waals surface area (Å²) in [7, 11) is -3.30. The molecule has 0 spiro atoms. The van der Waals surface area contributed by atoms with Gasteiger partial charge in [-0.25, -0.2) is 27.2 Å². The minimum absolute atomic E-state index is 0.0522. The van der Waals surface area contributed by atoms with Gasteiger partial charge in [-0.05, 0) is 32.9 Å². The molecular formula is C24H24ClF4N5O8S2. The molecule has 3 rings (SSSR count). The molecule has 240 valence electrons. The maximum Gasteiger partial charge on any atom is 0.431 e. The number of alkyl halides is 3. The number of amidine groups is 1. The monoisotopic (exact) mass is 685 g/mol. The summed E-state index contributed by atoms with van der Waals surface area (Å²) in [6.07, 6.45) is -5.73. The number of thioether (sulfide) groups is 1. The fourth-order valence-electron chi connectivity index (χ4n) is 3.70. The summed E-state index contributed by atoms with van der Waals surface area (Å²) in [5, 5.41) is -2.95. The third-order valence-corrected chi connectivity index (χ3v) is 9.18. The number of carbonyl (C=O) groups excluding carboxylic acids is 3. The Balaban J connectivity index is 2.10. The molecule has 2 aromatic rings. The molecule has 1 aromatic heterocycles. The van der Waals surface area contributed by atoms with E-state index in [1.54, 1.807) is 0 Å². The first-order chi connectivity index (χ1) is 20.3. The summed E-state index contributed by atoms with van der Waals surface area (Å²) < 4.78 is 85.8. The highest BCUT2D eigenvalue weighted by molar-refractivity contribution is 8.15. The number of rotatable bonds is 9. The number of hydrogen-bond donors (Lipinski definition) is 1. The van der Waals surface area contributed by atoms with Gasteiger partial charge in [-0.1, -0.05) is 23.4 Å². The molecule has 44 heavy (non-hydrogen) atoms. The Labute approximate surface area is 255 Å². The van der Waals surface area contributed by atoms with E-state index in [4.69, 9.17) is 16.3 Å². The van der Waals surface area contributed by atoms with Gasteiger partial charge in [-0.3, -0.25) is 33.4 Å². The van der Waals surface area contributed by atoms with Crippen LogP contribution in [0.25, 0.3) is 5.69 Å². The molecular weight excluding hydrogens is 662 g/mol. The highest BCUT2D eigenvalue weighted by Gasteiger charge is 2.41. The van der Waals surface area contributed by atoms with E-state index >= 15 is 0 Å². The molecule has 1 atom stereocenters. The number of nitrogens with zero attached hydrogens (tertiary/aromatic N) is 4. The van der Waals surface area contributed by atoms with E-state index in [0.29, 0.717) is 17.8 Å². The van der Waals surface area contributed by atoms with E-state index in [1.165, 1.54) is 20.8 Å². The Kier molecular flexibility index (Phi) is 10.4. The van der Waals surface area contributed by atoms with Crippen LogP contribution in [0, 0.1) is 5.82 Å². The lowest BCUT2D eigenvalue weighted by Gasteiger charge is -2.16. The Morgan fingerprint density at radius 1 is 1.18 bits per heavy atom. The van der Waals surface area contributed by atoms with Gasteiger partial charge in [0.15, 0.2) is 5.17 Å². The van der Waals surface area contributed by atoms with Crippen molar-refractivity contribution in [3.05, 3.63) is 55.6 Å². The molecule has 20 heteroatoms. The number of aromatic nitrogens is 2. The minimum atomic E-state index is -5.07. The van der Waals surface area contributed by atoms with Crippen molar-refractivity contribution in [3.8, 4) is 5.69 Å². The van der Waals surface area contributed by atoms with Crippen LogP contribution >= 0.6 is 23.4 Å². The number of carbonyl (C=O) groups is 3. The summed E-state index contributed by atoms with van der Waals surface area (Å²) in [4.78, 5) is 68.0. The van der Waals surface area contributed by atoms with Gasteiger partial charge in [0, 0.05) is 19.5 Å².